The van der Waals surface area contributed by atoms with E-state index in [4.69, 9.17) is 5.11 Å². The first-order chi connectivity index (χ1) is 8.84. The molecule has 0 spiro atoms. The van der Waals surface area contributed by atoms with E-state index in [1.165, 1.54) is 12.1 Å². The summed E-state index contributed by atoms with van der Waals surface area (Å²) in [4.78, 5) is 10.6. The molecule has 19 heavy (non-hydrogen) atoms. The summed E-state index contributed by atoms with van der Waals surface area (Å²) in [5.41, 5.74) is 0.603. The van der Waals surface area contributed by atoms with Gasteiger partial charge in [0.15, 0.2) is 0 Å². The Labute approximate surface area is 110 Å². The van der Waals surface area contributed by atoms with Gasteiger partial charge in [-0.05, 0) is 37.5 Å². The van der Waals surface area contributed by atoms with Crippen molar-refractivity contribution in [2.24, 2.45) is 0 Å². The fourth-order valence-electron chi connectivity index (χ4n) is 2.21. The Morgan fingerprint density at radius 2 is 2.16 bits per heavy atom. The minimum atomic E-state index is -4.11. The Kier molecular flexibility index (Phi) is 3.60. The van der Waals surface area contributed by atoms with Crippen LogP contribution < -0.4 is 0 Å². The third kappa shape index (κ3) is 2.48. The number of carboxylic acids is 1. The number of carbonyl (C=O) groups is 1. The lowest BCUT2D eigenvalue weighted by molar-refractivity contribution is -0.140. The van der Waals surface area contributed by atoms with E-state index >= 15 is 0 Å². The molecule has 0 aromatic heterocycles. The lowest BCUT2D eigenvalue weighted by atomic mass is 10.2. The Morgan fingerprint density at radius 1 is 1.47 bits per heavy atom. The van der Waals surface area contributed by atoms with Gasteiger partial charge in [-0.25, -0.2) is 12.8 Å². The molecule has 5 nitrogen and oxygen atoms in total. The summed E-state index contributed by atoms with van der Waals surface area (Å²) in [7, 11) is -4.11. The summed E-state index contributed by atoms with van der Waals surface area (Å²) < 4.78 is 39.3. The molecule has 2 rings (SSSR count). The van der Waals surface area contributed by atoms with Crippen LogP contribution in [0.15, 0.2) is 23.1 Å². The zero-order chi connectivity index (χ0) is 14.2. The third-order valence-electron chi connectivity index (χ3n) is 3.16. The Balaban J connectivity index is 2.48. The van der Waals surface area contributed by atoms with E-state index in [0.717, 1.165) is 10.4 Å². The Morgan fingerprint density at radius 3 is 2.79 bits per heavy atom. The minimum absolute atomic E-state index is 0.104. The molecule has 1 aliphatic heterocycles. The second-order valence-corrected chi connectivity index (χ2v) is 6.40. The predicted molar refractivity (Wildman–Crippen MR) is 65.7 cm³/mol. The number of hydrogen-bond donors (Lipinski definition) is 1. The normalized spacial score (nSPS) is 20.6. The van der Waals surface area contributed by atoms with Crippen LogP contribution in [0.5, 0.6) is 0 Å². The van der Waals surface area contributed by atoms with E-state index in [0.29, 0.717) is 12.0 Å². The van der Waals surface area contributed by atoms with E-state index in [2.05, 4.69) is 0 Å². The van der Waals surface area contributed by atoms with Crippen LogP contribution in [0, 0.1) is 12.7 Å². The highest BCUT2D eigenvalue weighted by atomic mass is 32.2. The van der Waals surface area contributed by atoms with Crippen LogP contribution in [0.1, 0.15) is 18.4 Å². The molecule has 1 saturated heterocycles. The molecule has 1 unspecified atom stereocenters. The molecule has 0 amide bonds. The number of benzene rings is 1. The average Bonchev–Trinajstić information content (AvgIpc) is 2.82. The van der Waals surface area contributed by atoms with Crippen LogP contribution in [0.2, 0.25) is 0 Å². The Bertz CT molecular complexity index is 614. The van der Waals surface area contributed by atoms with Crippen LogP contribution in [0.4, 0.5) is 4.39 Å². The Hall–Kier alpha value is -1.47. The van der Waals surface area contributed by atoms with Crippen molar-refractivity contribution in [2.75, 3.05) is 6.54 Å². The fraction of sp³-hybridized carbons (Fsp3) is 0.417. The zero-order valence-electron chi connectivity index (χ0n) is 10.3. The van der Waals surface area contributed by atoms with Crippen LogP contribution in [-0.2, 0) is 14.8 Å². The number of aliphatic carboxylic acids is 1. The third-order valence-corrected chi connectivity index (χ3v) is 5.09. The van der Waals surface area contributed by atoms with Gasteiger partial charge in [0.05, 0.1) is 0 Å². The highest BCUT2D eigenvalue weighted by Gasteiger charge is 2.40. The summed E-state index contributed by atoms with van der Waals surface area (Å²) in [6, 6.07) is 2.66. The SMILES string of the molecule is Cc1ccc(F)c(S(=O)(=O)N2CCCC2C(=O)O)c1. The van der Waals surface area contributed by atoms with Crippen molar-refractivity contribution in [3.63, 3.8) is 0 Å². The van der Waals surface area contributed by atoms with Gasteiger partial charge in [0.1, 0.15) is 16.8 Å². The monoisotopic (exact) mass is 287 g/mol. The maximum Gasteiger partial charge on any atom is 0.322 e. The van der Waals surface area contributed by atoms with Gasteiger partial charge in [0.25, 0.3) is 0 Å². The van der Waals surface area contributed by atoms with Crippen molar-refractivity contribution < 1.29 is 22.7 Å². The van der Waals surface area contributed by atoms with Crippen molar-refractivity contribution >= 4 is 16.0 Å². The van der Waals surface area contributed by atoms with Crippen LogP contribution >= 0.6 is 0 Å². The standard InChI is InChI=1S/C12H14FNO4S/c1-8-4-5-9(13)11(7-8)19(17,18)14-6-2-3-10(14)12(15)16/h4-5,7,10H,2-3,6H2,1H3,(H,15,16). The van der Waals surface area contributed by atoms with E-state index in [9.17, 15) is 17.6 Å². The number of rotatable bonds is 3. The maximum atomic E-state index is 13.7. The predicted octanol–water partition coefficient (Wildman–Crippen LogP) is 1.37. The smallest absolute Gasteiger partial charge is 0.322 e. The number of halogens is 1. The van der Waals surface area contributed by atoms with Gasteiger partial charge < -0.3 is 5.11 Å². The van der Waals surface area contributed by atoms with Gasteiger partial charge in [-0.1, -0.05) is 6.07 Å². The van der Waals surface area contributed by atoms with E-state index in [1.807, 2.05) is 0 Å². The second-order valence-electron chi connectivity index (χ2n) is 4.55. The number of sulfonamides is 1. The molecule has 0 radical (unpaired) electrons. The molecule has 1 N–H and O–H groups in total. The van der Waals surface area contributed by atoms with Gasteiger partial charge >= 0.3 is 5.97 Å². The summed E-state index contributed by atoms with van der Waals surface area (Å²) in [5.74, 6) is -2.06. The van der Waals surface area contributed by atoms with Gasteiger partial charge in [-0.2, -0.15) is 4.31 Å². The maximum absolute atomic E-state index is 13.7. The molecular weight excluding hydrogens is 273 g/mol. The highest BCUT2D eigenvalue weighted by molar-refractivity contribution is 7.89. The van der Waals surface area contributed by atoms with Crippen molar-refractivity contribution in [2.45, 2.75) is 30.7 Å². The molecule has 1 fully saturated rings. The molecule has 1 aliphatic rings. The lowest BCUT2D eigenvalue weighted by Crippen LogP contribution is -2.40. The van der Waals surface area contributed by atoms with E-state index in [-0.39, 0.29) is 13.0 Å². The van der Waals surface area contributed by atoms with E-state index in [1.54, 1.807) is 6.92 Å². The molecule has 0 saturated carbocycles. The molecule has 7 heteroatoms. The highest BCUT2D eigenvalue weighted by Crippen LogP contribution is 2.28. The van der Waals surface area contributed by atoms with Crippen molar-refractivity contribution in [3.8, 4) is 0 Å². The second kappa shape index (κ2) is 4.90. The van der Waals surface area contributed by atoms with E-state index < -0.39 is 32.7 Å². The summed E-state index contributed by atoms with van der Waals surface area (Å²) in [6.45, 7) is 1.75. The molecule has 0 bridgehead atoms. The average molecular weight is 287 g/mol. The summed E-state index contributed by atoms with van der Waals surface area (Å²) in [6.07, 6.45) is 0.714. The number of hydrogen-bond acceptors (Lipinski definition) is 3. The molecule has 0 aliphatic carbocycles. The number of nitrogens with zero attached hydrogens (tertiary/aromatic N) is 1. The van der Waals surface area contributed by atoms with Gasteiger partial charge in [-0.3, -0.25) is 4.79 Å². The molecule has 1 aromatic carbocycles. The quantitative estimate of drug-likeness (QED) is 0.911. The minimum Gasteiger partial charge on any atom is -0.480 e. The molecule has 1 atom stereocenters. The zero-order valence-corrected chi connectivity index (χ0v) is 11.2. The van der Waals surface area contributed by atoms with Gasteiger partial charge in [0, 0.05) is 6.54 Å². The van der Waals surface area contributed by atoms with Gasteiger partial charge in [-0.15, -0.1) is 0 Å². The first-order valence-electron chi connectivity index (χ1n) is 5.85. The van der Waals surface area contributed by atoms with Crippen LogP contribution in [-0.4, -0.2) is 36.4 Å². The van der Waals surface area contributed by atoms with Crippen molar-refractivity contribution in [1.29, 1.82) is 0 Å². The first kappa shape index (κ1) is 14.0. The topological polar surface area (TPSA) is 74.7 Å². The molecule has 104 valence electrons. The fourth-order valence-corrected chi connectivity index (χ4v) is 4.01. The van der Waals surface area contributed by atoms with Gasteiger partial charge in [0.2, 0.25) is 10.0 Å². The number of aryl methyl sites for hydroxylation is 1. The molecular formula is C12H14FNO4S. The number of carboxylic acid groups (broad SMARTS) is 1. The summed E-state index contributed by atoms with van der Waals surface area (Å²) in [5, 5.41) is 9.02. The van der Waals surface area contributed by atoms with Crippen LogP contribution in [0.3, 0.4) is 0 Å². The van der Waals surface area contributed by atoms with Crippen molar-refractivity contribution in [1.82, 2.24) is 4.31 Å². The largest absolute Gasteiger partial charge is 0.480 e. The van der Waals surface area contributed by atoms with Crippen molar-refractivity contribution in [3.05, 3.63) is 29.6 Å². The van der Waals surface area contributed by atoms with Crippen LogP contribution in [0.25, 0.3) is 0 Å². The lowest BCUT2D eigenvalue weighted by Gasteiger charge is -2.21. The molecule has 1 aromatic rings. The molecule has 1 heterocycles. The first-order valence-corrected chi connectivity index (χ1v) is 7.29. The summed E-state index contributed by atoms with van der Waals surface area (Å²) >= 11 is 0.